The SMILES string of the molecule is CNCC(=O)N[C@@H](CC(=O)OC)c1cc(C)cc(C(F)(F)F)c1. The van der Waals surface area contributed by atoms with Crippen molar-refractivity contribution in [2.24, 2.45) is 0 Å². The smallest absolute Gasteiger partial charge is 0.416 e. The van der Waals surface area contributed by atoms with Crippen molar-refractivity contribution in [3.8, 4) is 0 Å². The summed E-state index contributed by atoms with van der Waals surface area (Å²) in [7, 11) is 2.73. The highest BCUT2D eigenvalue weighted by Crippen LogP contribution is 2.32. The quantitative estimate of drug-likeness (QED) is 0.782. The summed E-state index contributed by atoms with van der Waals surface area (Å²) in [5.74, 6) is -1.06. The van der Waals surface area contributed by atoms with E-state index in [9.17, 15) is 22.8 Å². The minimum Gasteiger partial charge on any atom is -0.469 e. The fourth-order valence-electron chi connectivity index (χ4n) is 2.09. The normalized spacial score (nSPS) is 12.6. The number of carbonyl (C=O) groups is 2. The van der Waals surface area contributed by atoms with Crippen molar-refractivity contribution in [3.63, 3.8) is 0 Å². The van der Waals surface area contributed by atoms with Gasteiger partial charge in [-0.05, 0) is 31.7 Å². The second-order valence-corrected chi connectivity index (χ2v) is 5.06. The van der Waals surface area contributed by atoms with Crippen LogP contribution in [0.3, 0.4) is 0 Å². The zero-order valence-corrected chi connectivity index (χ0v) is 13.1. The molecule has 0 saturated carbocycles. The molecule has 0 aromatic heterocycles. The number of likely N-dealkylation sites (N-methyl/N-ethyl adjacent to an activating group) is 1. The molecule has 2 N–H and O–H groups in total. The number of benzene rings is 1. The standard InChI is InChI=1S/C15H19F3N2O3/c1-9-4-10(6-11(5-9)15(16,17)18)12(7-14(22)23-3)20-13(21)8-19-2/h4-6,12,19H,7-8H2,1-3H3,(H,20,21)/t12-/m0/s1. The second-order valence-electron chi connectivity index (χ2n) is 5.06. The van der Waals surface area contributed by atoms with Gasteiger partial charge in [-0.15, -0.1) is 0 Å². The Labute approximate surface area is 132 Å². The molecule has 1 atom stereocenters. The number of aryl methyl sites for hydroxylation is 1. The lowest BCUT2D eigenvalue weighted by atomic mass is 9.98. The molecule has 1 aromatic carbocycles. The van der Waals surface area contributed by atoms with Gasteiger partial charge in [0.1, 0.15) is 0 Å². The van der Waals surface area contributed by atoms with Crippen LogP contribution in [-0.2, 0) is 20.5 Å². The van der Waals surface area contributed by atoms with Crippen LogP contribution in [-0.4, -0.2) is 32.6 Å². The summed E-state index contributed by atoms with van der Waals surface area (Å²) < 4.78 is 43.3. The third-order valence-corrected chi connectivity index (χ3v) is 3.10. The molecule has 0 unspecified atom stereocenters. The zero-order chi connectivity index (χ0) is 17.6. The van der Waals surface area contributed by atoms with E-state index in [4.69, 9.17) is 0 Å². The molecular weight excluding hydrogens is 313 g/mol. The Kier molecular flexibility index (Phi) is 6.56. The second kappa shape index (κ2) is 7.96. The van der Waals surface area contributed by atoms with Crippen molar-refractivity contribution >= 4 is 11.9 Å². The lowest BCUT2D eigenvalue weighted by molar-refractivity contribution is -0.141. The van der Waals surface area contributed by atoms with Crippen molar-refractivity contribution in [3.05, 3.63) is 34.9 Å². The topological polar surface area (TPSA) is 67.4 Å². The molecule has 23 heavy (non-hydrogen) atoms. The van der Waals surface area contributed by atoms with Gasteiger partial charge in [-0.1, -0.05) is 11.6 Å². The number of nitrogens with one attached hydrogen (secondary N) is 2. The van der Waals surface area contributed by atoms with E-state index < -0.39 is 29.7 Å². The number of hydrogen-bond acceptors (Lipinski definition) is 4. The third-order valence-electron chi connectivity index (χ3n) is 3.10. The molecule has 0 aliphatic rings. The maximum atomic E-state index is 12.9. The van der Waals surface area contributed by atoms with Gasteiger partial charge in [0.15, 0.2) is 0 Å². The number of methoxy groups -OCH3 is 1. The summed E-state index contributed by atoms with van der Waals surface area (Å²) >= 11 is 0. The minimum atomic E-state index is -4.51. The van der Waals surface area contributed by atoms with E-state index in [1.165, 1.54) is 20.1 Å². The Morgan fingerprint density at radius 1 is 1.26 bits per heavy atom. The Morgan fingerprint density at radius 3 is 2.43 bits per heavy atom. The first-order valence-corrected chi connectivity index (χ1v) is 6.87. The molecule has 128 valence electrons. The lowest BCUT2D eigenvalue weighted by Crippen LogP contribution is -2.36. The molecule has 0 aliphatic carbocycles. The van der Waals surface area contributed by atoms with Crippen LogP contribution in [0.4, 0.5) is 13.2 Å². The summed E-state index contributed by atoms with van der Waals surface area (Å²) in [4.78, 5) is 23.2. The van der Waals surface area contributed by atoms with Gasteiger partial charge >= 0.3 is 12.1 Å². The predicted molar refractivity (Wildman–Crippen MR) is 77.6 cm³/mol. The zero-order valence-electron chi connectivity index (χ0n) is 13.1. The molecule has 5 nitrogen and oxygen atoms in total. The highest BCUT2D eigenvalue weighted by molar-refractivity contribution is 5.79. The summed E-state index contributed by atoms with van der Waals surface area (Å²) in [6.07, 6.45) is -4.77. The lowest BCUT2D eigenvalue weighted by Gasteiger charge is -2.20. The van der Waals surface area contributed by atoms with E-state index >= 15 is 0 Å². The van der Waals surface area contributed by atoms with E-state index in [2.05, 4.69) is 15.4 Å². The van der Waals surface area contributed by atoms with Crippen LogP contribution in [0.5, 0.6) is 0 Å². The van der Waals surface area contributed by atoms with Gasteiger partial charge in [-0.25, -0.2) is 0 Å². The largest absolute Gasteiger partial charge is 0.469 e. The molecule has 0 radical (unpaired) electrons. The average molecular weight is 332 g/mol. The maximum Gasteiger partial charge on any atom is 0.416 e. The van der Waals surface area contributed by atoms with Gasteiger partial charge < -0.3 is 15.4 Å². The number of amides is 1. The van der Waals surface area contributed by atoms with E-state index in [0.717, 1.165) is 12.1 Å². The van der Waals surface area contributed by atoms with E-state index in [0.29, 0.717) is 5.56 Å². The van der Waals surface area contributed by atoms with Gasteiger partial charge in [-0.3, -0.25) is 9.59 Å². The van der Waals surface area contributed by atoms with Crippen molar-refractivity contribution in [1.82, 2.24) is 10.6 Å². The maximum absolute atomic E-state index is 12.9. The number of hydrogen-bond donors (Lipinski definition) is 2. The number of carbonyl (C=O) groups excluding carboxylic acids is 2. The Bertz CT molecular complexity index is 574. The summed E-state index contributed by atoms with van der Waals surface area (Å²) in [6.45, 7) is 1.50. The number of ether oxygens (including phenoxy) is 1. The Balaban J connectivity index is 3.16. The first-order chi connectivity index (χ1) is 10.7. The van der Waals surface area contributed by atoms with Gasteiger partial charge in [0.05, 0.1) is 31.7 Å². The molecule has 8 heteroatoms. The summed E-state index contributed by atoms with van der Waals surface area (Å²) in [5.41, 5.74) is -0.245. The minimum absolute atomic E-state index is 0.0182. The van der Waals surface area contributed by atoms with Crippen molar-refractivity contribution in [2.45, 2.75) is 25.6 Å². The van der Waals surface area contributed by atoms with Crippen molar-refractivity contribution in [2.75, 3.05) is 20.7 Å². The molecular formula is C15H19F3N2O3. The number of esters is 1. The third kappa shape index (κ3) is 5.90. The van der Waals surface area contributed by atoms with E-state index in [1.54, 1.807) is 7.05 Å². The van der Waals surface area contributed by atoms with Crippen molar-refractivity contribution in [1.29, 1.82) is 0 Å². The highest BCUT2D eigenvalue weighted by atomic mass is 19.4. The van der Waals surface area contributed by atoms with Crippen LogP contribution in [0.2, 0.25) is 0 Å². The average Bonchev–Trinajstić information content (AvgIpc) is 2.45. The first kappa shape index (κ1) is 19.0. The van der Waals surface area contributed by atoms with Crippen LogP contribution < -0.4 is 10.6 Å². The molecule has 0 aliphatic heterocycles. The highest BCUT2D eigenvalue weighted by Gasteiger charge is 2.32. The van der Waals surface area contributed by atoms with Crippen LogP contribution in [0.15, 0.2) is 18.2 Å². The van der Waals surface area contributed by atoms with Gasteiger partial charge in [0.2, 0.25) is 5.91 Å². The van der Waals surface area contributed by atoms with E-state index in [1.807, 2.05) is 0 Å². The summed E-state index contributed by atoms with van der Waals surface area (Å²) in [6, 6.07) is 2.54. The molecule has 0 fully saturated rings. The van der Waals surface area contributed by atoms with Gasteiger partial charge in [0.25, 0.3) is 0 Å². The first-order valence-electron chi connectivity index (χ1n) is 6.87. The van der Waals surface area contributed by atoms with Crippen LogP contribution in [0.1, 0.15) is 29.2 Å². The number of halogens is 3. The molecule has 1 rings (SSSR count). The summed E-state index contributed by atoms with van der Waals surface area (Å²) in [5, 5.41) is 5.17. The van der Waals surface area contributed by atoms with Crippen LogP contribution in [0.25, 0.3) is 0 Å². The Morgan fingerprint density at radius 2 is 1.91 bits per heavy atom. The monoisotopic (exact) mass is 332 g/mol. The van der Waals surface area contributed by atoms with Crippen molar-refractivity contribution < 1.29 is 27.5 Å². The van der Waals surface area contributed by atoms with Crippen LogP contribution in [0, 0.1) is 6.92 Å². The molecule has 0 heterocycles. The van der Waals surface area contributed by atoms with Crippen LogP contribution >= 0.6 is 0 Å². The molecule has 0 spiro atoms. The van der Waals surface area contributed by atoms with Gasteiger partial charge in [0, 0.05) is 0 Å². The molecule has 1 aromatic rings. The molecule has 0 saturated heterocycles. The number of alkyl halides is 3. The molecule has 1 amide bonds. The van der Waals surface area contributed by atoms with Gasteiger partial charge in [-0.2, -0.15) is 13.2 Å². The molecule has 0 bridgehead atoms. The fourth-order valence-corrected chi connectivity index (χ4v) is 2.09. The van der Waals surface area contributed by atoms with E-state index in [-0.39, 0.29) is 18.5 Å². The number of rotatable bonds is 6. The Hall–Kier alpha value is -2.09. The predicted octanol–water partition coefficient (Wildman–Crippen LogP) is 1.95. The fraction of sp³-hybridized carbons (Fsp3) is 0.467.